The number of hydrogen-bond acceptors (Lipinski definition) is 7. The first-order valence-electron chi connectivity index (χ1n) is 11.4. The van der Waals surface area contributed by atoms with E-state index in [2.05, 4.69) is 5.32 Å². The average molecular weight is 482 g/mol. The quantitative estimate of drug-likeness (QED) is 0.456. The number of carbonyl (C=O) groups is 1. The van der Waals surface area contributed by atoms with Crippen LogP contribution in [0.5, 0.6) is 5.75 Å². The Balaban J connectivity index is 1.73. The molecule has 1 aliphatic carbocycles. The molecule has 0 radical (unpaired) electrons. The molecule has 7 nitrogen and oxygen atoms in total. The number of aliphatic hydroxyl groups excluding tert-OH is 1. The highest BCUT2D eigenvalue weighted by atomic mass is 35.5. The summed E-state index contributed by atoms with van der Waals surface area (Å²) in [7, 11) is 1.60. The molecule has 4 rings (SSSR count). The molecule has 8 heteroatoms. The highest BCUT2D eigenvalue weighted by Gasteiger charge is 2.36. The van der Waals surface area contributed by atoms with Gasteiger partial charge in [0.25, 0.3) is 0 Å². The molecule has 2 aromatic carbocycles. The van der Waals surface area contributed by atoms with E-state index in [4.69, 9.17) is 31.0 Å². The topological polar surface area (TPSA) is 93.6 Å². The van der Waals surface area contributed by atoms with Gasteiger partial charge in [0.1, 0.15) is 24.3 Å². The molecule has 0 aliphatic heterocycles. The smallest absolute Gasteiger partial charge is 0.332 e. The van der Waals surface area contributed by atoms with Gasteiger partial charge in [-0.3, -0.25) is 0 Å². The van der Waals surface area contributed by atoms with Gasteiger partial charge in [-0.05, 0) is 42.2 Å². The van der Waals surface area contributed by atoms with Crippen LogP contribution in [-0.4, -0.2) is 40.9 Å². The van der Waals surface area contributed by atoms with Crippen molar-refractivity contribution in [3.63, 3.8) is 0 Å². The fraction of sp³-hybridized carbons (Fsp3) is 0.346. The van der Waals surface area contributed by atoms with Gasteiger partial charge in [-0.15, -0.1) is 0 Å². The van der Waals surface area contributed by atoms with Gasteiger partial charge in [-0.2, -0.15) is 0 Å². The third kappa shape index (κ3) is 4.72. The lowest BCUT2D eigenvalue weighted by Crippen LogP contribution is -2.29. The number of ether oxygens (including phenoxy) is 2. The van der Waals surface area contributed by atoms with Crippen LogP contribution in [0.2, 0.25) is 5.02 Å². The maximum Gasteiger partial charge on any atom is 0.332 e. The number of methoxy groups -OCH3 is 1. The van der Waals surface area contributed by atoms with Gasteiger partial charge < -0.3 is 19.9 Å². The summed E-state index contributed by atoms with van der Waals surface area (Å²) in [5, 5.41) is 13.2. The van der Waals surface area contributed by atoms with Crippen LogP contribution >= 0.6 is 11.6 Å². The van der Waals surface area contributed by atoms with E-state index >= 15 is 0 Å². The number of aromatic nitrogens is 2. The van der Waals surface area contributed by atoms with Crippen LogP contribution in [0.25, 0.3) is 11.3 Å². The van der Waals surface area contributed by atoms with E-state index < -0.39 is 18.7 Å². The Labute approximate surface area is 204 Å². The maximum absolute atomic E-state index is 11.9. The van der Waals surface area contributed by atoms with Crippen molar-refractivity contribution >= 4 is 23.4 Å². The first kappa shape index (κ1) is 24.0. The zero-order valence-corrected chi connectivity index (χ0v) is 20.2. The zero-order valence-electron chi connectivity index (χ0n) is 19.5. The summed E-state index contributed by atoms with van der Waals surface area (Å²) in [6, 6.07) is 13.2. The molecule has 2 atom stereocenters. The molecule has 2 unspecified atom stereocenters. The van der Waals surface area contributed by atoms with Crippen LogP contribution in [0.3, 0.4) is 0 Å². The summed E-state index contributed by atoms with van der Waals surface area (Å²) >= 11 is 6.55. The molecule has 0 saturated heterocycles. The fourth-order valence-electron chi connectivity index (χ4n) is 4.34. The number of rotatable bonds is 8. The normalized spacial score (nSPS) is 16.7. The number of benzene rings is 2. The first-order chi connectivity index (χ1) is 16.5. The monoisotopic (exact) mass is 481 g/mol. The molecule has 34 heavy (non-hydrogen) atoms. The number of aliphatic hydroxyl groups is 1. The summed E-state index contributed by atoms with van der Waals surface area (Å²) in [5.41, 5.74) is 5.28. The highest BCUT2D eigenvalue weighted by Crippen LogP contribution is 2.38. The van der Waals surface area contributed by atoms with Crippen LogP contribution in [-0.2, 0) is 28.8 Å². The van der Waals surface area contributed by atoms with Gasteiger partial charge in [-0.25, -0.2) is 14.8 Å². The standard InChI is InChI=1S/C26H28ClN3O4/c1-4-20-24(18-11-10-16(33-3)13-19(18)27)28-21(5-2)26(29-20)30-25-17-9-7-6-8-15(17)12-22(25)34-23(32)14-31/h6-11,13,22,25,31H,4-5,12,14H2,1-3H3,(H,29,30). The van der Waals surface area contributed by atoms with Gasteiger partial charge in [0.15, 0.2) is 0 Å². The number of nitrogens with zero attached hydrogens (tertiary/aromatic N) is 2. The first-order valence-corrected chi connectivity index (χ1v) is 11.7. The molecule has 3 aromatic rings. The van der Waals surface area contributed by atoms with Crippen molar-refractivity contribution < 1.29 is 19.4 Å². The van der Waals surface area contributed by atoms with E-state index in [1.807, 2.05) is 50.2 Å². The molecule has 0 fully saturated rings. The number of carbonyl (C=O) groups excluding carboxylic acids is 1. The lowest BCUT2D eigenvalue weighted by atomic mass is 10.1. The SMILES string of the molecule is CCc1nc(-c2ccc(OC)cc2Cl)c(CC)nc1NC1c2ccccc2CC1OC(=O)CO. The molecule has 1 aromatic heterocycles. The van der Waals surface area contributed by atoms with E-state index in [1.54, 1.807) is 13.2 Å². The molecule has 2 N–H and O–H groups in total. The van der Waals surface area contributed by atoms with E-state index in [-0.39, 0.29) is 6.04 Å². The molecule has 0 amide bonds. The van der Waals surface area contributed by atoms with E-state index in [0.717, 1.165) is 33.8 Å². The van der Waals surface area contributed by atoms with E-state index in [0.29, 0.717) is 35.9 Å². The number of anilines is 1. The lowest BCUT2D eigenvalue weighted by Gasteiger charge is -2.24. The molecule has 0 saturated carbocycles. The van der Waals surface area contributed by atoms with Crippen molar-refractivity contribution in [3.05, 3.63) is 70.0 Å². The minimum atomic E-state index is -0.656. The van der Waals surface area contributed by atoms with Crippen molar-refractivity contribution in [1.82, 2.24) is 9.97 Å². The molecular weight excluding hydrogens is 454 g/mol. The van der Waals surface area contributed by atoms with Gasteiger partial charge >= 0.3 is 5.97 Å². The second-order valence-corrected chi connectivity index (χ2v) is 8.49. The Morgan fingerprint density at radius 1 is 1.15 bits per heavy atom. The third-order valence-corrected chi connectivity index (χ3v) is 6.34. The van der Waals surface area contributed by atoms with Gasteiger partial charge in [0.2, 0.25) is 0 Å². The number of hydrogen-bond donors (Lipinski definition) is 2. The Morgan fingerprint density at radius 2 is 1.91 bits per heavy atom. The van der Waals surface area contributed by atoms with Crippen molar-refractivity contribution in [3.8, 4) is 17.0 Å². The number of aryl methyl sites for hydroxylation is 2. The number of fused-ring (bicyclic) bond motifs is 1. The number of nitrogens with one attached hydrogen (secondary N) is 1. The second kappa shape index (κ2) is 10.4. The Morgan fingerprint density at radius 3 is 2.59 bits per heavy atom. The average Bonchev–Trinajstić information content (AvgIpc) is 3.20. The third-order valence-electron chi connectivity index (χ3n) is 6.03. The van der Waals surface area contributed by atoms with E-state index in [1.165, 1.54) is 0 Å². The lowest BCUT2D eigenvalue weighted by molar-refractivity contribution is -0.152. The summed E-state index contributed by atoms with van der Waals surface area (Å²) in [4.78, 5) is 21.8. The Hall–Kier alpha value is -3.16. The second-order valence-electron chi connectivity index (χ2n) is 8.08. The largest absolute Gasteiger partial charge is 0.497 e. The number of halogens is 1. The molecule has 178 valence electrons. The highest BCUT2D eigenvalue weighted by molar-refractivity contribution is 6.33. The molecule has 0 bridgehead atoms. The van der Waals surface area contributed by atoms with Crippen LogP contribution in [0, 0.1) is 0 Å². The molecule has 0 spiro atoms. The maximum atomic E-state index is 11.9. The van der Waals surface area contributed by atoms with Gasteiger partial charge in [0.05, 0.1) is 35.3 Å². The summed E-state index contributed by atoms with van der Waals surface area (Å²) in [6.45, 7) is 3.39. The van der Waals surface area contributed by atoms with Crippen molar-refractivity contribution in [2.45, 2.75) is 45.3 Å². The van der Waals surface area contributed by atoms with E-state index in [9.17, 15) is 9.90 Å². The summed E-state index contributed by atoms with van der Waals surface area (Å²) < 4.78 is 10.8. The van der Waals surface area contributed by atoms with Crippen LogP contribution in [0.1, 0.15) is 42.4 Å². The summed E-state index contributed by atoms with van der Waals surface area (Å²) in [6.07, 6.45) is 1.42. The van der Waals surface area contributed by atoms with Crippen LogP contribution in [0.4, 0.5) is 5.82 Å². The molecular formula is C26H28ClN3O4. The molecule has 1 heterocycles. The van der Waals surface area contributed by atoms with Gasteiger partial charge in [-0.1, -0.05) is 49.7 Å². The number of esters is 1. The Kier molecular flexibility index (Phi) is 7.34. The van der Waals surface area contributed by atoms with Crippen molar-refractivity contribution in [2.24, 2.45) is 0 Å². The van der Waals surface area contributed by atoms with Gasteiger partial charge in [0, 0.05) is 12.0 Å². The summed E-state index contributed by atoms with van der Waals surface area (Å²) in [5.74, 6) is 0.682. The van der Waals surface area contributed by atoms with Crippen LogP contribution in [0.15, 0.2) is 42.5 Å². The Bertz CT molecular complexity index is 1200. The zero-order chi connectivity index (χ0) is 24.2. The fourth-order valence-corrected chi connectivity index (χ4v) is 4.60. The predicted octanol–water partition coefficient (Wildman–Crippen LogP) is 4.54. The minimum absolute atomic E-state index is 0.300. The molecule has 1 aliphatic rings. The predicted molar refractivity (Wildman–Crippen MR) is 131 cm³/mol. The minimum Gasteiger partial charge on any atom is -0.497 e. The van der Waals surface area contributed by atoms with Crippen molar-refractivity contribution in [2.75, 3.05) is 19.0 Å². The van der Waals surface area contributed by atoms with Crippen molar-refractivity contribution in [1.29, 1.82) is 0 Å². The van der Waals surface area contributed by atoms with Crippen LogP contribution < -0.4 is 10.1 Å².